The lowest BCUT2D eigenvalue weighted by atomic mass is 10.0. The van der Waals surface area contributed by atoms with Gasteiger partial charge in [0.05, 0.1) is 18.6 Å². The number of aromatic nitrogens is 1. The van der Waals surface area contributed by atoms with Crippen LogP contribution in [0, 0.1) is 6.92 Å². The fourth-order valence-corrected chi connectivity index (χ4v) is 2.87. The minimum Gasteiger partial charge on any atom is -0.463 e. The molecule has 150 valence electrons. The molecule has 6 nitrogen and oxygen atoms in total. The van der Waals surface area contributed by atoms with Gasteiger partial charge in [-0.1, -0.05) is 24.3 Å². The first-order chi connectivity index (χ1) is 13.0. The fourth-order valence-electron chi connectivity index (χ4n) is 2.87. The topological polar surface area (TPSA) is 82.7 Å². The third kappa shape index (κ3) is 5.45. The summed E-state index contributed by atoms with van der Waals surface area (Å²) in [5.74, 6) is 1.94. The molecule has 2 aromatic heterocycles. The molecule has 7 heteroatoms. The zero-order chi connectivity index (χ0) is 19.3. The van der Waals surface area contributed by atoms with Crippen LogP contribution in [0.3, 0.4) is 0 Å². The van der Waals surface area contributed by atoms with E-state index in [9.17, 15) is 5.11 Å². The van der Waals surface area contributed by atoms with E-state index in [0.717, 1.165) is 28.8 Å². The van der Waals surface area contributed by atoms with Crippen LogP contribution in [0.25, 0.3) is 10.9 Å². The highest BCUT2D eigenvalue weighted by Gasteiger charge is 2.27. The Balaban J connectivity index is 0.00000280. The second-order valence-corrected chi connectivity index (χ2v) is 6.73. The second kappa shape index (κ2) is 9.88. The van der Waals surface area contributed by atoms with Crippen molar-refractivity contribution >= 4 is 40.8 Å². The van der Waals surface area contributed by atoms with Gasteiger partial charge in [0.2, 0.25) is 0 Å². The van der Waals surface area contributed by atoms with E-state index in [1.54, 1.807) is 19.2 Å². The number of rotatable bonds is 6. The van der Waals surface area contributed by atoms with Crippen molar-refractivity contribution in [1.82, 2.24) is 15.6 Å². The van der Waals surface area contributed by atoms with E-state index < -0.39 is 5.60 Å². The van der Waals surface area contributed by atoms with Crippen LogP contribution in [-0.4, -0.2) is 29.1 Å². The van der Waals surface area contributed by atoms with Crippen molar-refractivity contribution in [1.29, 1.82) is 0 Å². The number of aliphatic hydroxyl groups is 1. The Kier molecular flexibility index (Phi) is 7.82. The molecule has 0 bridgehead atoms. The van der Waals surface area contributed by atoms with Crippen LogP contribution in [0.5, 0.6) is 0 Å². The van der Waals surface area contributed by atoms with Gasteiger partial charge in [-0.2, -0.15) is 0 Å². The van der Waals surface area contributed by atoms with Crippen molar-refractivity contribution in [2.24, 2.45) is 4.99 Å². The molecule has 1 aromatic carbocycles. The molecule has 2 heterocycles. The van der Waals surface area contributed by atoms with Crippen LogP contribution in [0.15, 0.2) is 58.1 Å². The number of nitrogens with one attached hydrogen (secondary N) is 2. The van der Waals surface area contributed by atoms with Gasteiger partial charge in [-0.25, -0.2) is 4.99 Å². The molecule has 0 aliphatic rings. The molecule has 1 unspecified atom stereocenters. The maximum atomic E-state index is 10.7. The SMILES string of the molecule is CCNC(=NCc1cccc2cccnc12)NCC(C)(O)c1ccc(C)o1.I. The highest BCUT2D eigenvalue weighted by molar-refractivity contribution is 14.0. The number of hydrogen-bond acceptors (Lipinski definition) is 4. The highest BCUT2D eigenvalue weighted by Crippen LogP contribution is 2.22. The Morgan fingerprint density at radius 3 is 2.68 bits per heavy atom. The van der Waals surface area contributed by atoms with E-state index in [0.29, 0.717) is 18.3 Å². The van der Waals surface area contributed by atoms with Crippen molar-refractivity contribution in [3.05, 3.63) is 65.7 Å². The first-order valence-electron chi connectivity index (χ1n) is 9.13. The minimum atomic E-state index is -1.13. The molecule has 3 aromatic rings. The Hall–Kier alpha value is -2.13. The van der Waals surface area contributed by atoms with E-state index in [1.807, 2.05) is 50.2 Å². The zero-order valence-corrected chi connectivity index (χ0v) is 18.7. The van der Waals surface area contributed by atoms with Crippen molar-refractivity contribution < 1.29 is 9.52 Å². The summed E-state index contributed by atoms with van der Waals surface area (Å²) in [6.45, 7) is 7.07. The first kappa shape index (κ1) is 22.2. The molecule has 1 atom stereocenters. The number of furan rings is 1. The molecule has 3 rings (SSSR count). The van der Waals surface area contributed by atoms with Crippen LogP contribution in [0.4, 0.5) is 0 Å². The third-order valence-electron chi connectivity index (χ3n) is 4.34. The molecule has 0 aliphatic carbocycles. The number of pyridine rings is 1. The van der Waals surface area contributed by atoms with Crippen LogP contribution >= 0.6 is 24.0 Å². The van der Waals surface area contributed by atoms with Crippen molar-refractivity contribution in [2.75, 3.05) is 13.1 Å². The van der Waals surface area contributed by atoms with E-state index in [2.05, 4.69) is 20.6 Å². The van der Waals surface area contributed by atoms with Crippen molar-refractivity contribution in [2.45, 2.75) is 32.9 Å². The van der Waals surface area contributed by atoms with E-state index in [1.165, 1.54) is 0 Å². The molecule has 0 fully saturated rings. The molecule has 3 N–H and O–H groups in total. The van der Waals surface area contributed by atoms with Gasteiger partial charge >= 0.3 is 0 Å². The monoisotopic (exact) mass is 494 g/mol. The molecule has 0 spiro atoms. The number of aliphatic imine (C=N–C) groups is 1. The number of fused-ring (bicyclic) bond motifs is 1. The summed E-state index contributed by atoms with van der Waals surface area (Å²) < 4.78 is 5.56. The Morgan fingerprint density at radius 1 is 1.18 bits per heavy atom. The zero-order valence-electron chi connectivity index (χ0n) is 16.4. The number of halogens is 1. The highest BCUT2D eigenvalue weighted by atomic mass is 127. The maximum absolute atomic E-state index is 10.7. The van der Waals surface area contributed by atoms with Crippen molar-refractivity contribution in [3.63, 3.8) is 0 Å². The standard InChI is InChI=1S/C21H26N4O2.HI/c1-4-22-20(25-14-21(3,26)18-11-10-15(2)27-18)24-13-17-8-5-7-16-9-6-12-23-19(16)17;/h5-12,26H,4,13-14H2,1-3H3,(H2,22,24,25);1H. The van der Waals surface area contributed by atoms with Gasteiger partial charge in [-0.05, 0) is 44.5 Å². The number of nitrogens with zero attached hydrogens (tertiary/aromatic N) is 2. The first-order valence-corrected chi connectivity index (χ1v) is 9.13. The molecular weight excluding hydrogens is 467 g/mol. The van der Waals surface area contributed by atoms with Crippen LogP contribution in [0.2, 0.25) is 0 Å². The van der Waals surface area contributed by atoms with E-state index in [-0.39, 0.29) is 30.5 Å². The summed E-state index contributed by atoms with van der Waals surface area (Å²) >= 11 is 0. The summed E-state index contributed by atoms with van der Waals surface area (Å²) in [6, 6.07) is 13.7. The summed E-state index contributed by atoms with van der Waals surface area (Å²) in [5, 5.41) is 18.2. The normalized spacial score (nSPS) is 13.6. The summed E-state index contributed by atoms with van der Waals surface area (Å²) in [7, 11) is 0. The average Bonchev–Trinajstić information content (AvgIpc) is 3.11. The smallest absolute Gasteiger partial charge is 0.191 e. The molecular formula is C21H27IN4O2. The van der Waals surface area contributed by atoms with Crippen LogP contribution in [0.1, 0.15) is 30.9 Å². The fraction of sp³-hybridized carbons (Fsp3) is 0.333. The van der Waals surface area contributed by atoms with Gasteiger partial charge in [0.1, 0.15) is 17.1 Å². The molecule has 0 amide bonds. The lowest BCUT2D eigenvalue weighted by Gasteiger charge is -2.22. The molecule has 28 heavy (non-hydrogen) atoms. The van der Waals surface area contributed by atoms with E-state index in [4.69, 9.17) is 4.42 Å². The summed E-state index contributed by atoms with van der Waals surface area (Å²) in [6.07, 6.45) is 1.79. The van der Waals surface area contributed by atoms with Gasteiger partial charge in [0.25, 0.3) is 0 Å². The number of hydrogen-bond donors (Lipinski definition) is 3. The summed E-state index contributed by atoms with van der Waals surface area (Å²) in [4.78, 5) is 9.12. The molecule has 0 saturated carbocycles. The minimum absolute atomic E-state index is 0. The van der Waals surface area contributed by atoms with Crippen LogP contribution < -0.4 is 10.6 Å². The molecule has 0 radical (unpaired) electrons. The van der Waals surface area contributed by atoms with Gasteiger partial charge in [0, 0.05) is 18.1 Å². The van der Waals surface area contributed by atoms with Crippen LogP contribution in [-0.2, 0) is 12.1 Å². The van der Waals surface area contributed by atoms with Gasteiger partial charge in [-0.3, -0.25) is 4.98 Å². The molecule has 0 aliphatic heterocycles. The largest absolute Gasteiger partial charge is 0.463 e. The quantitative estimate of drug-likeness (QED) is 0.277. The average molecular weight is 494 g/mol. The Bertz CT molecular complexity index is 932. The lowest BCUT2D eigenvalue weighted by molar-refractivity contribution is 0.0378. The Morgan fingerprint density at radius 2 is 1.96 bits per heavy atom. The predicted octanol–water partition coefficient (Wildman–Crippen LogP) is 3.72. The summed E-state index contributed by atoms with van der Waals surface area (Å²) in [5.41, 5.74) is 0.877. The number of benzene rings is 1. The van der Waals surface area contributed by atoms with Crippen molar-refractivity contribution in [3.8, 4) is 0 Å². The van der Waals surface area contributed by atoms with E-state index >= 15 is 0 Å². The maximum Gasteiger partial charge on any atom is 0.191 e. The molecule has 0 saturated heterocycles. The third-order valence-corrected chi connectivity index (χ3v) is 4.34. The van der Waals surface area contributed by atoms with Gasteiger partial charge in [-0.15, -0.1) is 24.0 Å². The van der Waals surface area contributed by atoms with Gasteiger partial charge < -0.3 is 20.2 Å². The predicted molar refractivity (Wildman–Crippen MR) is 123 cm³/mol. The number of guanidine groups is 1. The number of para-hydroxylation sites is 1. The Labute approximate surface area is 182 Å². The number of aryl methyl sites for hydroxylation is 1. The lowest BCUT2D eigenvalue weighted by Crippen LogP contribution is -2.44. The van der Waals surface area contributed by atoms with Gasteiger partial charge in [0.15, 0.2) is 5.96 Å². The second-order valence-electron chi connectivity index (χ2n) is 6.73.